The van der Waals surface area contributed by atoms with Crippen LogP contribution in [-0.4, -0.2) is 23.0 Å². The van der Waals surface area contributed by atoms with Crippen molar-refractivity contribution in [1.82, 2.24) is 9.88 Å². The lowest BCUT2D eigenvalue weighted by Gasteiger charge is -2.15. The molecule has 1 aromatic heterocycles. The molecular formula is C9H13N3S. The van der Waals surface area contributed by atoms with E-state index in [9.17, 15) is 0 Å². The quantitative estimate of drug-likeness (QED) is 0.736. The third kappa shape index (κ3) is 2.79. The van der Waals surface area contributed by atoms with Crippen LogP contribution in [0.5, 0.6) is 0 Å². The molecule has 0 atom stereocenters. The molecule has 4 heteroatoms. The van der Waals surface area contributed by atoms with Crippen LogP contribution < -0.4 is 0 Å². The van der Waals surface area contributed by atoms with Crippen LogP contribution in [0.1, 0.15) is 24.5 Å². The first-order chi connectivity index (χ1) is 6.30. The molecule has 0 aliphatic rings. The van der Waals surface area contributed by atoms with Crippen molar-refractivity contribution in [3.63, 3.8) is 0 Å². The Morgan fingerprint density at radius 2 is 2.23 bits per heavy atom. The smallest absolute Gasteiger partial charge is 0.151 e. The van der Waals surface area contributed by atoms with Gasteiger partial charge in [-0.3, -0.25) is 4.90 Å². The largest absolute Gasteiger partial charge is 0.297 e. The maximum absolute atomic E-state index is 8.58. The SMILES string of the molecule is CCN(CC)Cc1nc(C#N)cs1. The fourth-order valence-corrected chi connectivity index (χ4v) is 1.83. The van der Waals surface area contributed by atoms with E-state index < -0.39 is 0 Å². The van der Waals surface area contributed by atoms with Crippen LogP contribution in [0.15, 0.2) is 5.38 Å². The maximum atomic E-state index is 8.58. The van der Waals surface area contributed by atoms with E-state index in [0.29, 0.717) is 5.69 Å². The average Bonchev–Trinajstić information content (AvgIpc) is 2.61. The van der Waals surface area contributed by atoms with Crippen molar-refractivity contribution in [2.45, 2.75) is 20.4 Å². The first kappa shape index (κ1) is 10.2. The van der Waals surface area contributed by atoms with E-state index in [0.717, 1.165) is 24.6 Å². The van der Waals surface area contributed by atoms with Gasteiger partial charge in [-0.05, 0) is 13.1 Å². The summed E-state index contributed by atoms with van der Waals surface area (Å²) in [7, 11) is 0. The average molecular weight is 195 g/mol. The van der Waals surface area contributed by atoms with Gasteiger partial charge >= 0.3 is 0 Å². The minimum atomic E-state index is 0.534. The Morgan fingerprint density at radius 3 is 2.69 bits per heavy atom. The van der Waals surface area contributed by atoms with Crippen LogP contribution in [0, 0.1) is 11.3 Å². The predicted molar refractivity (Wildman–Crippen MR) is 53.5 cm³/mol. The molecular weight excluding hydrogens is 182 g/mol. The van der Waals surface area contributed by atoms with Crippen LogP contribution in [-0.2, 0) is 6.54 Å². The van der Waals surface area contributed by atoms with E-state index in [1.54, 1.807) is 16.7 Å². The first-order valence-electron chi connectivity index (χ1n) is 4.37. The van der Waals surface area contributed by atoms with Crippen LogP contribution >= 0.6 is 11.3 Å². The molecule has 0 fully saturated rings. The molecule has 1 rings (SSSR count). The molecule has 0 amide bonds. The van der Waals surface area contributed by atoms with Gasteiger partial charge < -0.3 is 0 Å². The molecule has 0 unspecified atom stereocenters. The number of hydrogen-bond acceptors (Lipinski definition) is 4. The third-order valence-corrected chi connectivity index (χ3v) is 2.75. The molecule has 0 aliphatic heterocycles. The van der Waals surface area contributed by atoms with Crippen LogP contribution in [0.25, 0.3) is 0 Å². The fourth-order valence-electron chi connectivity index (χ4n) is 1.07. The normalized spacial score (nSPS) is 10.3. The van der Waals surface area contributed by atoms with Crippen molar-refractivity contribution >= 4 is 11.3 Å². The third-order valence-electron chi connectivity index (χ3n) is 1.92. The van der Waals surface area contributed by atoms with E-state index in [2.05, 4.69) is 23.7 Å². The minimum Gasteiger partial charge on any atom is -0.297 e. The number of aromatic nitrogens is 1. The molecule has 1 aromatic rings. The van der Waals surface area contributed by atoms with Crippen LogP contribution in [0.3, 0.4) is 0 Å². The van der Waals surface area contributed by atoms with Gasteiger partial charge in [0, 0.05) is 5.38 Å². The maximum Gasteiger partial charge on any atom is 0.151 e. The Labute approximate surface area is 82.6 Å². The molecule has 0 spiro atoms. The van der Waals surface area contributed by atoms with E-state index >= 15 is 0 Å². The molecule has 0 aromatic carbocycles. The second-order valence-corrected chi connectivity index (χ2v) is 3.64. The number of nitrogens with zero attached hydrogens (tertiary/aromatic N) is 3. The van der Waals surface area contributed by atoms with Crippen LogP contribution in [0.4, 0.5) is 0 Å². The van der Waals surface area contributed by atoms with Gasteiger partial charge in [0.15, 0.2) is 5.69 Å². The topological polar surface area (TPSA) is 39.9 Å². The van der Waals surface area contributed by atoms with Crippen molar-refractivity contribution in [3.8, 4) is 6.07 Å². The van der Waals surface area contributed by atoms with Gasteiger partial charge in [-0.1, -0.05) is 13.8 Å². The Bertz CT molecular complexity index is 296. The minimum absolute atomic E-state index is 0.534. The Hall–Kier alpha value is -0.920. The zero-order valence-electron chi connectivity index (χ0n) is 7.95. The van der Waals surface area contributed by atoms with Crippen molar-refractivity contribution < 1.29 is 0 Å². The second kappa shape index (κ2) is 4.95. The molecule has 70 valence electrons. The van der Waals surface area contributed by atoms with Gasteiger partial charge in [0.05, 0.1) is 6.54 Å². The van der Waals surface area contributed by atoms with Gasteiger partial charge in [-0.2, -0.15) is 5.26 Å². The summed E-state index contributed by atoms with van der Waals surface area (Å²) >= 11 is 1.56. The molecule has 0 saturated heterocycles. The highest BCUT2D eigenvalue weighted by Crippen LogP contribution is 2.11. The molecule has 3 nitrogen and oxygen atoms in total. The molecule has 0 radical (unpaired) electrons. The van der Waals surface area contributed by atoms with Crippen LogP contribution in [0.2, 0.25) is 0 Å². The van der Waals surface area contributed by atoms with Gasteiger partial charge in [0.1, 0.15) is 11.1 Å². The molecule has 0 aliphatic carbocycles. The highest BCUT2D eigenvalue weighted by atomic mass is 32.1. The Kier molecular flexibility index (Phi) is 3.87. The van der Waals surface area contributed by atoms with E-state index in [1.165, 1.54) is 0 Å². The second-order valence-electron chi connectivity index (χ2n) is 2.70. The zero-order chi connectivity index (χ0) is 9.68. The Balaban J connectivity index is 2.58. The van der Waals surface area contributed by atoms with Gasteiger partial charge in [-0.25, -0.2) is 4.98 Å². The lowest BCUT2D eigenvalue weighted by Crippen LogP contribution is -2.21. The predicted octanol–water partition coefficient (Wildman–Crippen LogP) is 1.86. The van der Waals surface area contributed by atoms with Gasteiger partial charge in [0.2, 0.25) is 0 Å². The summed E-state index contributed by atoms with van der Waals surface area (Å²) in [6.07, 6.45) is 0. The summed E-state index contributed by atoms with van der Waals surface area (Å²) in [6.45, 7) is 7.17. The number of hydrogen-bond donors (Lipinski definition) is 0. The number of thiazole rings is 1. The molecule has 0 N–H and O–H groups in total. The lowest BCUT2D eigenvalue weighted by molar-refractivity contribution is 0.295. The van der Waals surface area contributed by atoms with Gasteiger partial charge in [-0.15, -0.1) is 11.3 Å². The van der Waals surface area contributed by atoms with Crippen molar-refractivity contribution in [2.24, 2.45) is 0 Å². The number of rotatable bonds is 4. The summed E-state index contributed by atoms with van der Waals surface area (Å²) in [5, 5.41) is 11.4. The molecule has 0 bridgehead atoms. The highest BCUT2D eigenvalue weighted by Gasteiger charge is 2.04. The summed E-state index contributed by atoms with van der Waals surface area (Å²) in [6, 6.07) is 2.04. The molecule has 13 heavy (non-hydrogen) atoms. The van der Waals surface area contributed by atoms with Gasteiger partial charge in [0.25, 0.3) is 0 Å². The zero-order valence-corrected chi connectivity index (χ0v) is 8.77. The lowest BCUT2D eigenvalue weighted by atomic mass is 10.5. The highest BCUT2D eigenvalue weighted by molar-refractivity contribution is 7.09. The first-order valence-corrected chi connectivity index (χ1v) is 5.25. The van der Waals surface area contributed by atoms with E-state index in [1.807, 2.05) is 6.07 Å². The van der Waals surface area contributed by atoms with E-state index in [4.69, 9.17) is 5.26 Å². The van der Waals surface area contributed by atoms with Crippen molar-refractivity contribution in [2.75, 3.05) is 13.1 Å². The fraction of sp³-hybridized carbons (Fsp3) is 0.556. The monoisotopic (exact) mass is 195 g/mol. The summed E-state index contributed by atoms with van der Waals surface area (Å²) in [4.78, 5) is 6.46. The van der Waals surface area contributed by atoms with E-state index in [-0.39, 0.29) is 0 Å². The summed E-state index contributed by atoms with van der Waals surface area (Å²) < 4.78 is 0. The Morgan fingerprint density at radius 1 is 1.54 bits per heavy atom. The summed E-state index contributed by atoms with van der Waals surface area (Å²) in [5.41, 5.74) is 0.534. The standard InChI is InChI=1S/C9H13N3S/c1-3-12(4-2)6-9-11-8(5-10)7-13-9/h7H,3-4,6H2,1-2H3. The molecule has 0 saturated carbocycles. The number of nitriles is 1. The summed E-state index contributed by atoms with van der Waals surface area (Å²) in [5.74, 6) is 0. The molecule has 1 heterocycles. The van der Waals surface area contributed by atoms with Crippen molar-refractivity contribution in [1.29, 1.82) is 5.26 Å². The van der Waals surface area contributed by atoms with Crippen molar-refractivity contribution in [3.05, 3.63) is 16.1 Å².